The monoisotopic (exact) mass is 495 g/mol. The van der Waals surface area contributed by atoms with Crippen LogP contribution in [0.3, 0.4) is 0 Å². The van der Waals surface area contributed by atoms with E-state index in [1.54, 1.807) is 18.6 Å². The van der Waals surface area contributed by atoms with Crippen molar-refractivity contribution in [3.05, 3.63) is 43.1 Å². The summed E-state index contributed by atoms with van der Waals surface area (Å²) in [6.07, 6.45) is 14.8. The Kier molecular flexibility index (Phi) is 6.21. The lowest BCUT2D eigenvalue weighted by molar-refractivity contribution is -0.116. The number of unbranched alkanes of at least 4 members (excludes halogenated alkanes) is 1. The van der Waals surface area contributed by atoms with Gasteiger partial charge >= 0.3 is 0 Å². The molecule has 10 nitrogen and oxygen atoms in total. The van der Waals surface area contributed by atoms with Crippen molar-refractivity contribution in [3.8, 4) is 22.8 Å². The zero-order valence-corrected chi connectivity index (χ0v) is 20.8. The standard InChI is InChI=1S/C27H29N9O/c1-2-3-7-24(37)31-18-10-17(12-28-13-18)20-11-19-21(15-30-20)34-35-25(19)27-32-22-14-29-16-23(26(22)33-27)36-8-5-4-6-9-36/h10-16H,2-9H2,1H3,(H,31,37)(H,32,33)(H,34,35). The predicted octanol–water partition coefficient (Wildman–Crippen LogP) is 5.08. The molecule has 1 saturated heterocycles. The smallest absolute Gasteiger partial charge is 0.224 e. The van der Waals surface area contributed by atoms with Crippen molar-refractivity contribution >= 4 is 39.2 Å². The second-order valence-electron chi connectivity index (χ2n) is 9.49. The molecule has 10 heteroatoms. The van der Waals surface area contributed by atoms with Crippen molar-refractivity contribution in [3.63, 3.8) is 0 Å². The van der Waals surface area contributed by atoms with E-state index in [4.69, 9.17) is 4.98 Å². The fourth-order valence-corrected chi connectivity index (χ4v) is 4.86. The van der Waals surface area contributed by atoms with Gasteiger partial charge in [-0.05, 0) is 37.8 Å². The Balaban J connectivity index is 1.34. The lowest BCUT2D eigenvalue weighted by Gasteiger charge is -2.28. The molecule has 6 heterocycles. The summed E-state index contributed by atoms with van der Waals surface area (Å²) in [7, 11) is 0. The quantitative estimate of drug-likeness (QED) is 0.287. The molecule has 188 valence electrons. The van der Waals surface area contributed by atoms with E-state index < -0.39 is 0 Å². The molecule has 1 amide bonds. The summed E-state index contributed by atoms with van der Waals surface area (Å²) in [5.41, 5.74) is 6.59. The molecule has 0 saturated carbocycles. The molecule has 37 heavy (non-hydrogen) atoms. The third-order valence-corrected chi connectivity index (χ3v) is 6.82. The number of carbonyl (C=O) groups excluding carboxylic acids is 1. The highest BCUT2D eigenvalue weighted by atomic mass is 16.1. The van der Waals surface area contributed by atoms with Gasteiger partial charge in [0, 0.05) is 36.7 Å². The molecule has 0 spiro atoms. The molecule has 0 atom stereocenters. The molecule has 1 aliphatic heterocycles. The first-order chi connectivity index (χ1) is 18.2. The van der Waals surface area contributed by atoms with Gasteiger partial charge in [-0.3, -0.25) is 24.8 Å². The molecule has 1 aliphatic rings. The number of aromatic amines is 2. The minimum Gasteiger partial charge on any atom is -0.368 e. The van der Waals surface area contributed by atoms with Crippen LogP contribution in [0.2, 0.25) is 0 Å². The molecule has 5 aromatic heterocycles. The first-order valence-corrected chi connectivity index (χ1v) is 12.9. The van der Waals surface area contributed by atoms with Crippen LogP contribution in [0.1, 0.15) is 45.4 Å². The molecule has 6 rings (SSSR count). The number of imidazole rings is 1. The Labute approximate surface area is 214 Å². The Morgan fingerprint density at radius 1 is 1.03 bits per heavy atom. The minimum absolute atomic E-state index is 0.00960. The van der Waals surface area contributed by atoms with Crippen molar-refractivity contribution < 1.29 is 4.79 Å². The molecule has 5 aromatic rings. The number of fused-ring (bicyclic) bond motifs is 2. The predicted molar refractivity (Wildman–Crippen MR) is 144 cm³/mol. The van der Waals surface area contributed by atoms with Crippen molar-refractivity contribution in [1.29, 1.82) is 0 Å². The maximum absolute atomic E-state index is 12.2. The summed E-state index contributed by atoms with van der Waals surface area (Å²) >= 11 is 0. The molecule has 0 aromatic carbocycles. The summed E-state index contributed by atoms with van der Waals surface area (Å²) in [4.78, 5) is 36.3. The minimum atomic E-state index is -0.00960. The average molecular weight is 496 g/mol. The van der Waals surface area contributed by atoms with E-state index in [1.165, 1.54) is 19.3 Å². The highest BCUT2D eigenvalue weighted by Crippen LogP contribution is 2.32. The second-order valence-corrected chi connectivity index (χ2v) is 9.49. The second kappa shape index (κ2) is 9.96. The number of nitrogens with one attached hydrogen (secondary N) is 3. The summed E-state index contributed by atoms with van der Waals surface area (Å²) in [5.74, 6) is 0.671. The summed E-state index contributed by atoms with van der Waals surface area (Å²) < 4.78 is 0. The number of rotatable bonds is 7. The Morgan fingerprint density at radius 3 is 2.76 bits per heavy atom. The van der Waals surface area contributed by atoms with Gasteiger partial charge in [0.25, 0.3) is 0 Å². The maximum Gasteiger partial charge on any atom is 0.224 e. The third kappa shape index (κ3) is 4.62. The lowest BCUT2D eigenvalue weighted by atomic mass is 10.1. The largest absolute Gasteiger partial charge is 0.368 e. The molecule has 0 aliphatic carbocycles. The number of hydrogen-bond donors (Lipinski definition) is 3. The number of nitrogens with zero attached hydrogens (tertiary/aromatic N) is 6. The van der Waals surface area contributed by atoms with E-state index in [0.29, 0.717) is 17.9 Å². The average Bonchev–Trinajstić information content (AvgIpc) is 3.56. The van der Waals surface area contributed by atoms with E-state index in [1.807, 2.05) is 24.5 Å². The van der Waals surface area contributed by atoms with Crippen LogP contribution in [0.15, 0.2) is 43.1 Å². The number of pyridine rings is 3. The number of amides is 1. The highest BCUT2D eigenvalue weighted by molar-refractivity contribution is 5.97. The van der Waals surface area contributed by atoms with Gasteiger partial charge in [0.15, 0.2) is 5.82 Å². The molecular formula is C27H29N9O. The van der Waals surface area contributed by atoms with E-state index in [0.717, 1.165) is 70.5 Å². The molecule has 0 bridgehead atoms. The van der Waals surface area contributed by atoms with Gasteiger partial charge in [0.2, 0.25) is 5.91 Å². The van der Waals surface area contributed by atoms with Crippen LogP contribution in [0, 0.1) is 0 Å². The van der Waals surface area contributed by atoms with Gasteiger partial charge in [-0.1, -0.05) is 13.3 Å². The number of aromatic nitrogens is 7. The third-order valence-electron chi connectivity index (χ3n) is 6.82. The van der Waals surface area contributed by atoms with E-state index in [2.05, 4.69) is 47.3 Å². The van der Waals surface area contributed by atoms with Crippen molar-refractivity contribution in [1.82, 2.24) is 35.1 Å². The van der Waals surface area contributed by atoms with Crippen LogP contribution in [0.25, 0.3) is 44.7 Å². The lowest BCUT2D eigenvalue weighted by Crippen LogP contribution is -2.29. The SMILES string of the molecule is CCCCC(=O)Nc1cncc(-c2cc3c(-c4nc5c(N6CCCCC6)cncc5[nH]4)n[nH]c3cn2)c1. The first kappa shape index (κ1) is 23.1. The van der Waals surface area contributed by atoms with Crippen LogP contribution >= 0.6 is 0 Å². The van der Waals surface area contributed by atoms with Gasteiger partial charge in [0.05, 0.1) is 52.9 Å². The zero-order chi connectivity index (χ0) is 25.2. The fourth-order valence-electron chi connectivity index (χ4n) is 4.86. The topological polar surface area (TPSA) is 128 Å². The zero-order valence-electron chi connectivity index (χ0n) is 20.8. The molecule has 3 N–H and O–H groups in total. The molecule has 0 unspecified atom stereocenters. The van der Waals surface area contributed by atoms with Crippen molar-refractivity contribution in [2.75, 3.05) is 23.3 Å². The van der Waals surface area contributed by atoms with Gasteiger partial charge in [0.1, 0.15) is 11.2 Å². The number of carbonyl (C=O) groups is 1. The van der Waals surface area contributed by atoms with E-state index in [-0.39, 0.29) is 5.91 Å². The number of piperidine rings is 1. The number of anilines is 2. The van der Waals surface area contributed by atoms with Crippen LogP contribution in [-0.2, 0) is 4.79 Å². The van der Waals surface area contributed by atoms with Crippen molar-refractivity contribution in [2.45, 2.75) is 45.4 Å². The molecule has 1 fully saturated rings. The number of H-pyrrole nitrogens is 2. The van der Waals surface area contributed by atoms with E-state index >= 15 is 0 Å². The van der Waals surface area contributed by atoms with Crippen LogP contribution in [0.5, 0.6) is 0 Å². The Morgan fingerprint density at radius 2 is 1.89 bits per heavy atom. The van der Waals surface area contributed by atoms with Crippen molar-refractivity contribution in [2.24, 2.45) is 0 Å². The fraction of sp³-hybridized carbons (Fsp3) is 0.333. The van der Waals surface area contributed by atoms with Gasteiger partial charge in [-0.15, -0.1) is 0 Å². The Bertz CT molecular complexity index is 1570. The summed E-state index contributed by atoms with van der Waals surface area (Å²) in [5, 5.41) is 11.5. The Hall–Kier alpha value is -4.34. The first-order valence-electron chi connectivity index (χ1n) is 12.9. The normalized spacial score (nSPS) is 13.9. The summed E-state index contributed by atoms with van der Waals surface area (Å²) in [6.45, 7) is 4.11. The van der Waals surface area contributed by atoms with Crippen LogP contribution < -0.4 is 10.2 Å². The highest BCUT2D eigenvalue weighted by Gasteiger charge is 2.19. The summed E-state index contributed by atoms with van der Waals surface area (Å²) in [6, 6.07) is 3.87. The van der Waals surface area contributed by atoms with E-state index in [9.17, 15) is 4.79 Å². The van der Waals surface area contributed by atoms with Crippen LogP contribution in [0.4, 0.5) is 11.4 Å². The number of hydrogen-bond acceptors (Lipinski definition) is 7. The molecule has 0 radical (unpaired) electrons. The van der Waals surface area contributed by atoms with Crippen LogP contribution in [-0.4, -0.2) is 54.1 Å². The van der Waals surface area contributed by atoms with Gasteiger partial charge in [-0.25, -0.2) is 4.98 Å². The van der Waals surface area contributed by atoms with Gasteiger partial charge < -0.3 is 15.2 Å². The maximum atomic E-state index is 12.2. The van der Waals surface area contributed by atoms with Gasteiger partial charge in [-0.2, -0.15) is 5.10 Å². The molecular weight excluding hydrogens is 466 g/mol.